The number of nitrogens with one attached hydrogen (secondary N) is 1. The van der Waals surface area contributed by atoms with Crippen LogP contribution in [0.1, 0.15) is 55.7 Å². The van der Waals surface area contributed by atoms with Gasteiger partial charge in [0.2, 0.25) is 11.8 Å². The molecule has 1 aliphatic carbocycles. The molecule has 0 radical (unpaired) electrons. The van der Waals surface area contributed by atoms with E-state index in [0.717, 1.165) is 37.0 Å². The molecule has 2 amide bonds. The molecule has 4 nitrogen and oxygen atoms in total. The summed E-state index contributed by atoms with van der Waals surface area (Å²) < 4.78 is 0. The molecule has 2 aromatic rings. The number of rotatable bonds is 9. The number of nitrogens with zero attached hydrogens (tertiary/aromatic N) is 1. The predicted octanol–water partition coefficient (Wildman–Crippen LogP) is 5.75. The molecule has 1 atom stereocenters. The predicted molar refractivity (Wildman–Crippen MR) is 134 cm³/mol. The van der Waals surface area contributed by atoms with Gasteiger partial charge in [0.15, 0.2) is 0 Å². The summed E-state index contributed by atoms with van der Waals surface area (Å²) in [5.41, 5.74) is 3.34. The summed E-state index contributed by atoms with van der Waals surface area (Å²) in [5, 5.41) is 3.80. The summed E-state index contributed by atoms with van der Waals surface area (Å²) in [5.74, 6) is 0.985. The number of hydrogen-bond donors (Lipinski definition) is 1. The van der Waals surface area contributed by atoms with E-state index in [1.165, 1.54) is 17.5 Å². The van der Waals surface area contributed by atoms with Gasteiger partial charge in [-0.25, -0.2) is 0 Å². The Balaban J connectivity index is 1.64. The number of aryl methyl sites for hydroxylation is 1. The first-order chi connectivity index (χ1) is 15.4. The van der Waals surface area contributed by atoms with E-state index >= 15 is 0 Å². The van der Waals surface area contributed by atoms with Gasteiger partial charge < -0.3 is 10.2 Å². The van der Waals surface area contributed by atoms with E-state index < -0.39 is 6.04 Å². The molecule has 1 N–H and O–H groups in total. The van der Waals surface area contributed by atoms with Gasteiger partial charge in [-0.2, -0.15) is 0 Å². The molecular weight excluding hydrogens is 440 g/mol. The number of amides is 2. The van der Waals surface area contributed by atoms with Crippen LogP contribution >= 0.6 is 23.4 Å². The summed E-state index contributed by atoms with van der Waals surface area (Å²) >= 11 is 7.73. The normalized spacial score (nSPS) is 15.2. The van der Waals surface area contributed by atoms with Crippen LogP contribution in [0.4, 0.5) is 0 Å². The maximum atomic E-state index is 13.2. The van der Waals surface area contributed by atoms with E-state index in [9.17, 15) is 9.59 Å². The lowest BCUT2D eigenvalue weighted by molar-refractivity contribution is -0.139. The summed E-state index contributed by atoms with van der Waals surface area (Å²) in [6, 6.07) is 15.5. The van der Waals surface area contributed by atoms with Crippen LogP contribution < -0.4 is 5.32 Å². The highest BCUT2D eigenvalue weighted by Gasteiger charge is 2.28. The van der Waals surface area contributed by atoms with Crippen molar-refractivity contribution in [2.24, 2.45) is 0 Å². The van der Waals surface area contributed by atoms with Gasteiger partial charge in [0.25, 0.3) is 0 Å². The van der Waals surface area contributed by atoms with Crippen molar-refractivity contribution in [2.45, 2.75) is 70.3 Å². The van der Waals surface area contributed by atoms with Crippen LogP contribution in [0.5, 0.6) is 0 Å². The van der Waals surface area contributed by atoms with Crippen LogP contribution in [0.15, 0.2) is 48.5 Å². The minimum Gasteiger partial charge on any atom is -0.352 e. The molecular formula is C26H33ClN2O2S. The van der Waals surface area contributed by atoms with Gasteiger partial charge in [0.1, 0.15) is 6.04 Å². The number of thioether (sulfide) groups is 1. The van der Waals surface area contributed by atoms with E-state index in [2.05, 4.69) is 36.5 Å². The average Bonchev–Trinajstić information content (AvgIpc) is 2.79. The zero-order chi connectivity index (χ0) is 22.9. The second kappa shape index (κ2) is 12.3. The van der Waals surface area contributed by atoms with E-state index in [-0.39, 0.29) is 17.9 Å². The number of hydrogen-bond acceptors (Lipinski definition) is 3. The summed E-state index contributed by atoms with van der Waals surface area (Å²) in [6.07, 6.45) is 5.58. The first-order valence-corrected chi connectivity index (χ1v) is 12.9. The summed E-state index contributed by atoms with van der Waals surface area (Å²) in [4.78, 5) is 27.9. The summed E-state index contributed by atoms with van der Waals surface area (Å²) in [7, 11) is 0. The molecule has 2 aromatic carbocycles. The van der Waals surface area contributed by atoms with Crippen molar-refractivity contribution < 1.29 is 9.59 Å². The van der Waals surface area contributed by atoms with Crippen LogP contribution in [0.25, 0.3) is 0 Å². The van der Waals surface area contributed by atoms with Crippen LogP contribution in [0, 0.1) is 6.92 Å². The monoisotopic (exact) mass is 472 g/mol. The molecule has 1 saturated carbocycles. The number of halogens is 1. The standard InChI is InChI=1S/C26H33ClN2O2S/c1-19-11-13-21(14-12-19)17-32-18-25(30)29(16-22-7-6-8-23(27)15-22)20(2)26(31)28-24-9-4-3-5-10-24/h6-8,11-15,20,24H,3-5,9-10,16-18H2,1-2H3,(H,28,31)/t20-/m0/s1. The molecule has 3 rings (SSSR count). The number of benzene rings is 2. The highest BCUT2D eigenvalue weighted by Crippen LogP contribution is 2.20. The zero-order valence-electron chi connectivity index (χ0n) is 19.0. The number of carbonyl (C=O) groups excluding carboxylic acids is 2. The van der Waals surface area contributed by atoms with Gasteiger partial charge in [0, 0.05) is 23.4 Å². The fourth-order valence-electron chi connectivity index (χ4n) is 4.01. The molecule has 0 spiro atoms. The molecule has 0 aliphatic heterocycles. The first kappa shape index (κ1) is 24.7. The van der Waals surface area contributed by atoms with E-state index in [0.29, 0.717) is 17.3 Å². The van der Waals surface area contributed by atoms with Crippen molar-refractivity contribution in [1.29, 1.82) is 0 Å². The fraction of sp³-hybridized carbons (Fsp3) is 0.462. The Labute approximate surface area is 201 Å². The van der Waals surface area contributed by atoms with Crippen LogP contribution in [-0.2, 0) is 21.9 Å². The van der Waals surface area contributed by atoms with Crippen molar-refractivity contribution in [3.05, 3.63) is 70.2 Å². The lowest BCUT2D eigenvalue weighted by Crippen LogP contribution is -2.50. The molecule has 0 heterocycles. The Bertz CT molecular complexity index is 897. The van der Waals surface area contributed by atoms with E-state index in [1.807, 2.05) is 31.2 Å². The SMILES string of the molecule is Cc1ccc(CSCC(=O)N(Cc2cccc(Cl)c2)[C@@H](C)C(=O)NC2CCCCC2)cc1. The van der Waals surface area contributed by atoms with Gasteiger partial charge >= 0.3 is 0 Å². The van der Waals surface area contributed by atoms with Gasteiger partial charge in [-0.1, -0.05) is 72.8 Å². The lowest BCUT2D eigenvalue weighted by atomic mass is 9.95. The Morgan fingerprint density at radius 3 is 2.50 bits per heavy atom. The maximum absolute atomic E-state index is 13.2. The third kappa shape index (κ3) is 7.56. The minimum absolute atomic E-state index is 0.0339. The number of carbonyl (C=O) groups is 2. The van der Waals surface area contributed by atoms with Crippen molar-refractivity contribution in [3.8, 4) is 0 Å². The summed E-state index contributed by atoms with van der Waals surface area (Å²) in [6.45, 7) is 4.25. The Morgan fingerprint density at radius 2 is 1.81 bits per heavy atom. The zero-order valence-corrected chi connectivity index (χ0v) is 20.6. The topological polar surface area (TPSA) is 49.4 Å². The first-order valence-electron chi connectivity index (χ1n) is 11.4. The van der Waals surface area contributed by atoms with Gasteiger partial charge in [-0.15, -0.1) is 11.8 Å². The Kier molecular flexibility index (Phi) is 9.49. The molecule has 1 fully saturated rings. The third-order valence-corrected chi connectivity index (χ3v) is 7.20. The fourth-order valence-corrected chi connectivity index (χ4v) is 5.09. The Hall–Kier alpha value is -1.98. The second-order valence-electron chi connectivity index (χ2n) is 8.65. The van der Waals surface area contributed by atoms with Gasteiger partial charge in [0.05, 0.1) is 5.75 Å². The average molecular weight is 473 g/mol. The van der Waals surface area contributed by atoms with Crippen LogP contribution in [0.3, 0.4) is 0 Å². The van der Waals surface area contributed by atoms with Crippen molar-refractivity contribution >= 4 is 35.2 Å². The lowest BCUT2D eigenvalue weighted by Gasteiger charge is -2.31. The molecule has 1 aliphatic rings. The highest BCUT2D eigenvalue weighted by atomic mass is 35.5. The van der Waals surface area contributed by atoms with E-state index in [4.69, 9.17) is 11.6 Å². The minimum atomic E-state index is -0.539. The Morgan fingerprint density at radius 1 is 1.09 bits per heavy atom. The highest BCUT2D eigenvalue weighted by molar-refractivity contribution is 7.99. The second-order valence-corrected chi connectivity index (χ2v) is 10.1. The third-order valence-electron chi connectivity index (χ3n) is 5.98. The molecule has 0 unspecified atom stereocenters. The van der Waals surface area contributed by atoms with Crippen molar-refractivity contribution in [1.82, 2.24) is 10.2 Å². The van der Waals surface area contributed by atoms with Crippen LogP contribution in [0.2, 0.25) is 5.02 Å². The molecule has 32 heavy (non-hydrogen) atoms. The largest absolute Gasteiger partial charge is 0.352 e. The molecule has 6 heteroatoms. The molecule has 172 valence electrons. The maximum Gasteiger partial charge on any atom is 0.242 e. The van der Waals surface area contributed by atoms with Gasteiger partial charge in [-0.3, -0.25) is 9.59 Å². The quantitative estimate of drug-likeness (QED) is 0.505. The molecule has 0 saturated heterocycles. The smallest absolute Gasteiger partial charge is 0.242 e. The molecule has 0 aromatic heterocycles. The van der Waals surface area contributed by atoms with Crippen molar-refractivity contribution in [2.75, 3.05) is 5.75 Å². The van der Waals surface area contributed by atoms with E-state index in [1.54, 1.807) is 16.7 Å². The molecule has 0 bridgehead atoms. The van der Waals surface area contributed by atoms with Gasteiger partial charge in [-0.05, 0) is 49.9 Å². The van der Waals surface area contributed by atoms with Crippen molar-refractivity contribution in [3.63, 3.8) is 0 Å². The van der Waals surface area contributed by atoms with Crippen LogP contribution in [-0.4, -0.2) is 34.6 Å².